The molecule has 0 radical (unpaired) electrons. The fourth-order valence-corrected chi connectivity index (χ4v) is 7.07. The summed E-state index contributed by atoms with van der Waals surface area (Å²) in [5.41, 5.74) is 5.90. The molecule has 2 aliphatic heterocycles. The van der Waals surface area contributed by atoms with Crippen molar-refractivity contribution in [2.75, 3.05) is 42.6 Å². The number of hydrogen-bond acceptors (Lipinski definition) is 5. The van der Waals surface area contributed by atoms with E-state index in [1.165, 1.54) is 25.7 Å². The van der Waals surface area contributed by atoms with E-state index in [9.17, 15) is 18.0 Å². The largest absolute Gasteiger partial charge is 0.371 e. The SMILES string of the molecule is Cn1cc(-c2cc(C(=O)N3CCS(=O)(=O)CC3)ccc2N2CCC3(CC2)CC3)c2c(c1=O)CC=C2. The van der Waals surface area contributed by atoms with E-state index in [1.807, 2.05) is 36.5 Å². The predicted octanol–water partition coefficient (Wildman–Crippen LogP) is 2.87. The molecule has 1 aromatic heterocycles. The number of carbonyl (C=O) groups excluding carboxylic acids is 1. The number of allylic oxidation sites excluding steroid dienone is 1. The van der Waals surface area contributed by atoms with E-state index in [4.69, 9.17) is 0 Å². The van der Waals surface area contributed by atoms with Gasteiger partial charge in [0.2, 0.25) is 0 Å². The number of aryl methyl sites for hydroxylation is 1. The Morgan fingerprint density at radius 2 is 1.69 bits per heavy atom. The highest BCUT2D eigenvalue weighted by Crippen LogP contribution is 2.54. The van der Waals surface area contributed by atoms with Gasteiger partial charge in [0, 0.05) is 67.4 Å². The summed E-state index contributed by atoms with van der Waals surface area (Å²) in [7, 11) is -1.28. The van der Waals surface area contributed by atoms with Crippen LogP contribution in [-0.2, 0) is 23.3 Å². The molecule has 8 heteroatoms. The Hall–Kier alpha value is -2.87. The molecule has 0 unspecified atom stereocenters. The lowest BCUT2D eigenvalue weighted by molar-refractivity contribution is 0.0770. The van der Waals surface area contributed by atoms with Crippen LogP contribution in [0.5, 0.6) is 0 Å². The zero-order valence-electron chi connectivity index (χ0n) is 20.1. The van der Waals surface area contributed by atoms with Gasteiger partial charge in [-0.3, -0.25) is 9.59 Å². The number of carbonyl (C=O) groups is 1. The highest BCUT2D eigenvalue weighted by molar-refractivity contribution is 7.91. The Kier molecular flexibility index (Phi) is 5.22. The van der Waals surface area contributed by atoms with Crippen molar-refractivity contribution in [3.8, 4) is 11.1 Å². The predicted molar refractivity (Wildman–Crippen MR) is 138 cm³/mol. The lowest BCUT2D eigenvalue weighted by atomic mass is 9.91. The molecular weight excluding hydrogens is 462 g/mol. The van der Waals surface area contributed by atoms with Crippen LogP contribution in [0.1, 0.15) is 47.2 Å². The molecule has 2 saturated heterocycles. The molecule has 1 spiro atoms. The van der Waals surface area contributed by atoms with Gasteiger partial charge in [0.15, 0.2) is 9.84 Å². The van der Waals surface area contributed by atoms with Crippen LogP contribution < -0.4 is 10.5 Å². The van der Waals surface area contributed by atoms with Crippen LogP contribution in [0, 0.1) is 5.41 Å². The first-order valence-electron chi connectivity index (χ1n) is 12.5. The summed E-state index contributed by atoms with van der Waals surface area (Å²) in [4.78, 5) is 30.2. The average molecular weight is 494 g/mol. The Morgan fingerprint density at radius 1 is 0.971 bits per heavy atom. The Morgan fingerprint density at radius 3 is 2.37 bits per heavy atom. The quantitative estimate of drug-likeness (QED) is 0.657. The monoisotopic (exact) mass is 493 g/mol. The molecule has 4 aliphatic rings. The van der Waals surface area contributed by atoms with Gasteiger partial charge in [0.05, 0.1) is 11.5 Å². The van der Waals surface area contributed by atoms with E-state index in [-0.39, 0.29) is 36.1 Å². The normalized spacial score (nSPS) is 21.9. The maximum Gasteiger partial charge on any atom is 0.254 e. The fraction of sp³-hybridized carbons (Fsp3) is 0.481. The molecule has 1 amide bonds. The van der Waals surface area contributed by atoms with Crippen LogP contribution in [0.4, 0.5) is 5.69 Å². The van der Waals surface area contributed by atoms with Crippen LogP contribution in [0.15, 0.2) is 35.3 Å². The summed E-state index contributed by atoms with van der Waals surface area (Å²) in [6.45, 7) is 2.44. The molecule has 3 heterocycles. The summed E-state index contributed by atoms with van der Waals surface area (Å²) >= 11 is 0. The molecule has 0 atom stereocenters. The summed E-state index contributed by atoms with van der Waals surface area (Å²) in [6, 6.07) is 5.88. The lowest BCUT2D eigenvalue weighted by Gasteiger charge is -2.35. The molecular formula is C27H31N3O4S. The molecule has 2 aliphatic carbocycles. The van der Waals surface area contributed by atoms with Crippen molar-refractivity contribution in [3.63, 3.8) is 0 Å². The summed E-state index contributed by atoms with van der Waals surface area (Å²) in [5, 5.41) is 0. The molecule has 0 N–H and O–H groups in total. The maximum atomic E-state index is 13.4. The summed E-state index contributed by atoms with van der Waals surface area (Å²) in [6.07, 6.45) is 11.6. The van der Waals surface area contributed by atoms with Gasteiger partial charge in [-0.1, -0.05) is 12.2 Å². The minimum atomic E-state index is -3.06. The van der Waals surface area contributed by atoms with Crippen molar-refractivity contribution in [3.05, 3.63) is 57.5 Å². The smallest absolute Gasteiger partial charge is 0.254 e. The summed E-state index contributed by atoms with van der Waals surface area (Å²) in [5.74, 6) is -0.114. The number of pyridine rings is 1. The van der Waals surface area contributed by atoms with Gasteiger partial charge < -0.3 is 14.4 Å². The Bertz CT molecular complexity index is 1390. The van der Waals surface area contributed by atoms with Gasteiger partial charge in [-0.25, -0.2) is 8.42 Å². The third-order valence-electron chi connectivity index (χ3n) is 8.41. The maximum absolute atomic E-state index is 13.4. The number of aromatic nitrogens is 1. The molecule has 1 saturated carbocycles. The zero-order chi connectivity index (χ0) is 24.4. The number of benzene rings is 1. The van der Waals surface area contributed by atoms with E-state index >= 15 is 0 Å². The van der Waals surface area contributed by atoms with Crippen molar-refractivity contribution >= 4 is 27.5 Å². The number of rotatable bonds is 3. The van der Waals surface area contributed by atoms with Gasteiger partial charge >= 0.3 is 0 Å². The second-order valence-corrected chi connectivity index (χ2v) is 12.9. The van der Waals surface area contributed by atoms with E-state index in [2.05, 4.69) is 4.90 Å². The molecule has 2 aromatic rings. The van der Waals surface area contributed by atoms with Crippen LogP contribution >= 0.6 is 0 Å². The van der Waals surface area contributed by atoms with Crippen molar-refractivity contribution in [1.29, 1.82) is 0 Å². The molecule has 184 valence electrons. The minimum absolute atomic E-state index is 0.0122. The van der Waals surface area contributed by atoms with Crippen molar-refractivity contribution in [1.82, 2.24) is 9.47 Å². The standard InChI is InChI=1S/C27H31N3O4S/c1-28-18-23(20-3-2-4-21(20)26(28)32)22-17-19(25(31)30-13-15-35(33,34)16-14-30)5-6-24(22)29-11-9-27(7-8-27)10-12-29/h2-3,5-6,17-18H,4,7-16H2,1H3. The first kappa shape index (κ1) is 22.6. The molecule has 3 fully saturated rings. The number of hydrogen-bond donors (Lipinski definition) is 0. The van der Waals surface area contributed by atoms with Crippen molar-refractivity contribution < 1.29 is 13.2 Å². The van der Waals surface area contributed by atoms with Gasteiger partial charge in [0.1, 0.15) is 0 Å². The second-order valence-electron chi connectivity index (χ2n) is 10.6. The number of anilines is 1. The Labute approximate surface area is 206 Å². The highest BCUT2D eigenvalue weighted by Gasteiger charge is 2.44. The number of amides is 1. The first-order valence-corrected chi connectivity index (χ1v) is 14.4. The number of fused-ring (bicyclic) bond motifs is 1. The highest BCUT2D eigenvalue weighted by atomic mass is 32.2. The zero-order valence-corrected chi connectivity index (χ0v) is 20.9. The van der Waals surface area contributed by atoms with Gasteiger partial charge in [-0.05, 0) is 61.3 Å². The van der Waals surface area contributed by atoms with E-state index < -0.39 is 9.84 Å². The van der Waals surface area contributed by atoms with Gasteiger partial charge in [-0.2, -0.15) is 0 Å². The van der Waals surface area contributed by atoms with Crippen LogP contribution in [0.2, 0.25) is 0 Å². The van der Waals surface area contributed by atoms with Crippen LogP contribution in [-0.4, -0.2) is 61.5 Å². The molecule has 7 nitrogen and oxygen atoms in total. The molecule has 1 aromatic carbocycles. The second kappa shape index (κ2) is 8.08. The van der Waals surface area contributed by atoms with Gasteiger partial charge in [-0.15, -0.1) is 0 Å². The van der Waals surface area contributed by atoms with Crippen molar-refractivity contribution in [2.24, 2.45) is 12.5 Å². The number of nitrogens with zero attached hydrogens (tertiary/aromatic N) is 3. The first-order chi connectivity index (χ1) is 16.8. The van der Waals surface area contributed by atoms with E-state index in [0.717, 1.165) is 41.0 Å². The average Bonchev–Trinajstić information content (AvgIpc) is 3.41. The minimum Gasteiger partial charge on any atom is -0.371 e. The fourth-order valence-electron chi connectivity index (χ4n) is 5.87. The topological polar surface area (TPSA) is 79.7 Å². The van der Waals surface area contributed by atoms with E-state index in [1.54, 1.807) is 16.5 Å². The van der Waals surface area contributed by atoms with Crippen LogP contribution in [0.25, 0.3) is 17.2 Å². The molecule has 6 rings (SSSR count). The third-order valence-corrected chi connectivity index (χ3v) is 10.0. The lowest BCUT2D eigenvalue weighted by Crippen LogP contribution is -2.43. The van der Waals surface area contributed by atoms with E-state index in [0.29, 0.717) is 17.4 Å². The molecule has 35 heavy (non-hydrogen) atoms. The van der Waals surface area contributed by atoms with Crippen molar-refractivity contribution in [2.45, 2.75) is 32.1 Å². The third kappa shape index (κ3) is 4.01. The Balaban J connectivity index is 1.42. The van der Waals surface area contributed by atoms with Gasteiger partial charge in [0.25, 0.3) is 11.5 Å². The summed E-state index contributed by atoms with van der Waals surface area (Å²) < 4.78 is 25.4. The molecule has 0 bridgehead atoms. The number of sulfone groups is 1. The number of piperidine rings is 1. The van der Waals surface area contributed by atoms with Crippen LogP contribution in [0.3, 0.4) is 0 Å².